The van der Waals surface area contributed by atoms with E-state index in [1.807, 2.05) is 6.92 Å². The first-order valence-electron chi connectivity index (χ1n) is 4.31. The summed E-state index contributed by atoms with van der Waals surface area (Å²) in [7, 11) is -3.19. The van der Waals surface area contributed by atoms with Crippen LogP contribution in [0.15, 0.2) is 0 Å². The highest BCUT2D eigenvalue weighted by atomic mass is 32.2. The minimum Gasteiger partial charge on any atom is -0.354 e. The molecule has 1 aliphatic rings. The predicted molar refractivity (Wildman–Crippen MR) is 48.7 cm³/mol. The molecule has 1 N–H and O–H groups in total. The van der Waals surface area contributed by atoms with Gasteiger partial charge < -0.3 is 5.32 Å². The molecule has 1 rings (SSSR count). The monoisotopic (exact) mass is 206 g/mol. The fourth-order valence-electron chi connectivity index (χ4n) is 1.24. The number of hydrogen-bond donors (Lipinski definition) is 1. The van der Waals surface area contributed by atoms with Crippen LogP contribution in [-0.4, -0.2) is 44.0 Å². The van der Waals surface area contributed by atoms with Gasteiger partial charge in [0.1, 0.15) is 0 Å². The highest BCUT2D eigenvalue weighted by Crippen LogP contribution is 2.04. The molecule has 1 saturated heterocycles. The Morgan fingerprint density at radius 3 is 2.77 bits per heavy atom. The topological polar surface area (TPSA) is 66.5 Å². The van der Waals surface area contributed by atoms with E-state index in [2.05, 4.69) is 5.32 Å². The van der Waals surface area contributed by atoms with Gasteiger partial charge in [-0.25, -0.2) is 8.42 Å². The molecule has 5 nitrogen and oxygen atoms in total. The summed E-state index contributed by atoms with van der Waals surface area (Å²) in [5, 5.41) is 2.58. The van der Waals surface area contributed by atoms with Gasteiger partial charge in [0.25, 0.3) is 0 Å². The molecule has 6 heteroatoms. The molecular formula is C7H14N2O3S. The van der Waals surface area contributed by atoms with Crippen LogP contribution in [0.4, 0.5) is 0 Å². The van der Waals surface area contributed by atoms with Crippen LogP contribution in [0.25, 0.3) is 0 Å². The van der Waals surface area contributed by atoms with Gasteiger partial charge in [-0.15, -0.1) is 0 Å². The summed E-state index contributed by atoms with van der Waals surface area (Å²) in [5.74, 6) is -0.0915. The Kier molecular flexibility index (Phi) is 3.27. The first kappa shape index (κ1) is 10.5. The van der Waals surface area contributed by atoms with Crippen molar-refractivity contribution in [1.29, 1.82) is 0 Å². The van der Waals surface area contributed by atoms with Crippen molar-refractivity contribution in [3.05, 3.63) is 0 Å². The van der Waals surface area contributed by atoms with E-state index in [1.165, 1.54) is 4.31 Å². The van der Waals surface area contributed by atoms with E-state index in [4.69, 9.17) is 0 Å². The summed E-state index contributed by atoms with van der Waals surface area (Å²) in [6.07, 6.45) is 0.584. The molecule has 0 aromatic heterocycles. The smallest absolute Gasteiger partial charge is 0.235 e. The van der Waals surface area contributed by atoms with Crippen molar-refractivity contribution in [2.75, 3.05) is 25.4 Å². The Bertz CT molecular complexity index is 286. The predicted octanol–water partition coefficient (Wildman–Crippen LogP) is -0.842. The van der Waals surface area contributed by atoms with Crippen LogP contribution in [-0.2, 0) is 14.8 Å². The van der Waals surface area contributed by atoms with Crippen molar-refractivity contribution in [2.45, 2.75) is 13.3 Å². The molecule has 1 amide bonds. The lowest BCUT2D eigenvalue weighted by Crippen LogP contribution is -2.50. The zero-order valence-corrected chi connectivity index (χ0v) is 8.43. The zero-order valence-electron chi connectivity index (χ0n) is 7.62. The van der Waals surface area contributed by atoms with E-state index < -0.39 is 10.0 Å². The van der Waals surface area contributed by atoms with Crippen molar-refractivity contribution in [1.82, 2.24) is 9.62 Å². The molecule has 1 fully saturated rings. The summed E-state index contributed by atoms with van der Waals surface area (Å²) in [4.78, 5) is 10.9. The standard InChI is InChI=1S/C7H14N2O3S/c1-2-5-13(11,12)9-4-3-8-7(10)6-9/h2-6H2,1H3,(H,8,10). The molecular weight excluding hydrogens is 192 g/mol. The van der Waals surface area contributed by atoms with Gasteiger partial charge in [0, 0.05) is 13.1 Å². The van der Waals surface area contributed by atoms with E-state index >= 15 is 0 Å². The number of rotatable bonds is 3. The van der Waals surface area contributed by atoms with Crippen molar-refractivity contribution in [3.8, 4) is 0 Å². The number of hydrogen-bond acceptors (Lipinski definition) is 3. The summed E-state index contributed by atoms with van der Waals surface area (Å²) >= 11 is 0. The molecule has 0 aromatic carbocycles. The van der Waals surface area contributed by atoms with Crippen LogP contribution in [0.3, 0.4) is 0 Å². The Morgan fingerprint density at radius 1 is 1.54 bits per heavy atom. The van der Waals surface area contributed by atoms with Crippen molar-refractivity contribution in [3.63, 3.8) is 0 Å². The largest absolute Gasteiger partial charge is 0.354 e. The molecule has 0 aliphatic carbocycles. The minimum absolute atomic E-state index is 0.0255. The highest BCUT2D eigenvalue weighted by Gasteiger charge is 2.26. The molecule has 0 saturated carbocycles. The van der Waals surface area contributed by atoms with Gasteiger partial charge in [-0.2, -0.15) is 4.31 Å². The number of nitrogens with zero attached hydrogens (tertiary/aromatic N) is 1. The third-order valence-electron chi connectivity index (χ3n) is 1.86. The molecule has 0 bridgehead atoms. The van der Waals surface area contributed by atoms with Crippen molar-refractivity contribution >= 4 is 15.9 Å². The third-order valence-corrected chi connectivity index (χ3v) is 3.88. The molecule has 76 valence electrons. The summed E-state index contributed by atoms with van der Waals surface area (Å²) in [6.45, 7) is 2.60. The molecule has 0 radical (unpaired) electrons. The number of carbonyl (C=O) groups is 1. The molecule has 0 spiro atoms. The second-order valence-corrected chi connectivity index (χ2v) is 5.09. The maximum Gasteiger partial charge on any atom is 0.235 e. The maximum atomic E-state index is 11.5. The Balaban J connectivity index is 2.65. The number of piperazine rings is 1. The van der Waals surface area contributed by atoms with E-state index in [0.29, 0.717) is 19.5 Å². The third kappa shape index (κ3) is 2.67. The first-order chi connectivity index (χ1) is 6.06. The molecule has 0 atom stereocenters. The minimum atomic E-state index is -3.19. The van der Waals surface area contributed by atoms with E-state index in [1.54, 1.807) is 0 Å². The fourth-order valence-corrected chi connectivity index (χ4v) is 2.70. The van der Waals surface area contributed by atoms with Gasteiger partial charge in [-0.3, -0.25) is 4.79 Å². The average molecular weight is 206 g/mol. The van der Waals surface area contributed by atoms with Gasteiger partial charge in [-0.1, -0.05) is 6.92 Å². The second kappa shape index (κ2) is 4.06. The lowest BCUT2D eigenvalue weighted by Gasteiger charge is -2.25. The van der Waals surface area contributed by atoms with Crippen LogP contribution in [0.1, 0.15) is 13.3 Å². The van der Waals surface area contributed by atoms with Gasteiger partial charge in [0.15, 0.2) is 0 Å². The Hall–Kier alpha value is -0.620. The van der Waals surface area contributed by atoms with Crippen LogP contribution in [0, 0.1) is 0 Å². The number of carbonyl (C=O) groups excluding carboxylic acids is 1. The van der Waals surface area contributed by atoms with E-state index in [9.17, 15) is 13.2 Å². The number of nitrogens with one attached hydrogen (secondary N) is 1. The van der Waals surface area contributed by atoms with Gasteiger partial charge in [-0.05, 0) is 6.42 Å². The van der Waals surface area contributed by atoms with Gasteiger partial charge >= 0.3 is 0 Å². The number of sulfonamides is 1. The molecule has 1 heterocycles. The maximum absolute atomic E-state index is 11.5. The highest BCUT2D eigenvalue weighted by molar-refractivity contribution is 7.89. The van der Waals surface area contributed by atoms with Gasteiger partial charge in [0.05, 0.1) is 12.3 Å². The lowest BCUT2D eigenvalue weighted by atomic mass is 10.4. The summed E-state index contributed by atoms with van der Waals surface area (Å²) in [6, 6.07) is 0. The first-order valence-corrected chi connectivity index (χ1v) is 5.91. The molecule has 1 aliphatic heterocycles. The number of amides is 1. The normalized spacial score (nSPS) is 19.9. The van der Waals surface area contributed by atoms with E-state index in [-0.39, 0.29) is 18.2 Å². The Labute approximate surface area is 78.2 Å². The van der Waals surface area contributed by atoms with Crippen LogP contribution in [0.2, 0.25) is 0 Å². The lowest BCUT2D eigenvalue weighted by molar-refractivity contribution is -0.122. The van der Waals surface area contributed by atoms with Crippen molar-refractivity contribution in [2.24, 2.45) is 0 Å². The fraction of sp³-hybridized carbons (Fsp3) is 0.857. The zero-order chi connectivity index (χ0) is 9.90. The summed E-state index contributed by atoms with van der Waals surface area (Å²) in [5.41, 5.74) is 0. The van der Waals surface area contributed by atoms with Crippen LogP contribution < -0.4 is 5.32 Å². The molecule has 0 unspecified atom stereocenters. The molecule has 0 aromatic rings. The molecule has 13 heavy (non-hydrogen) atoms. The van der Waals surface area contributed by atoms with Gasteiger partial charge in [0.2, 0.25) is 15.9 Å². The summed E-state index contributed by atoms with van der Waals surface area (Å²) < 4.78 is 24.2. The van der Waals surface area contributed by atoms with Crippen LogP contribution in [0.5, 0.6) is 0 Å². The average Bonchev–Trinajstić information content (AvgIpc) is 2.04. The van der Waals surface area contributed by atoms with Crippen molar-refractivity contribution < 1.29 is 13.2 Å². The Morgan fingerprint density at radius 2 is 2.23 bits per heavy atom. The van der Waals surface area contributed by atoms with Crippen LogP contribution >= 0.6 is 0 Å². The van der Waals surface area contributed by atoms with E-state index in [0.717, 1.165) is 0 Å². The quantitative estimate of drug-likeness (QED) is 0.654. The second-order valence-electron chi connectivity index (χ2n) is 3.00. The SMILES string of the molecule is CCCS(=O)(=O)N1CCNC(=O)C1.